The lowest BCUT2D eigenvalue weighted by Crippen LogP contribution is -2.46. The zero-order valence-electron chi connectivity index (χ0n) is 61.8. The van der Waals surface area contributed by atoms with Crippen molar-refractivity contribution < 1.29 is 181 Å². The third-order valence-corrected chi connectivity index (χ3v) is 24.3. The predicted octanol–water partition coefficient (Wildman–Crippen LogP) is -1.36. The van der Waals surface area contributed by atoms with E-state index < -0.39 is 169 Å². The standard InChI is InChI=1S/2C29H42N7O19P3S/c2*1-29(2,24(42)27(43)32-6-5-19(39)31-7-8-59-20(40)10-15-3-4-16(37)17(38)9-15)12-52-58(49,50)55-57(47,48)51-11-18-23(54-56(44,45)46)22(41)28(53-18)36-14-35-21-25(30)33-13-34-26(21)36/h2*3-4,9,13-14,18,22-24,28,37-38,41-42H,5-8,10-12H2,1-2H3,(H,31,39)(H,32,43)(H,47,48)(H,49,50)(H2,30,33,34)(H2,44,45,46)/t2*18-,22-,23-,24+,28-/m11/s1. The fourth-order valence-electron chi connectivity index (χ4n) is 10.4. The molecule has 4 amide bonds. The van der Waals surface area contributed by atoms with Gasteiger partial charge in [-0.1, -0.05) is 63.4 Å². The maximum atomic E-state index is 12.7. The molecule has 4 aromatic heterocycles. The van der Waals surface area contributed by atoms with Gasteiger partial charge in [-0.3, -0.25) is 65.0 Å². The van der Waals surface area contributed by atoms with E-state index in [1.54, 1.807) is 0 Å². The molecule has 52 nitrogen and oxygen atoms in total. The largest absolute Gasteiger partial charge is 0.504 e. The number of aromatic nitrogens is 8. The summed E-state index contributed by atoms with van der Waals surface area (Å²) < 4.78 is 124. The van der Waals surface area contributed by atoms with Gasteiger partial charge in [0.1, 0.15) is 72.5 Å². The minimum Gasteiger partial charge on any atom is -0.504 e. The molecule has 4 unspecified atom stereocenters. The first-order chi connectivity index (χ1) is 54.8. The quantitative estimate of drug-likeness (QED) is 0.0119. The van der Waals surface area contributed by atoms with Crippen molar-refractivity contribution in [1.29, 1.82) is 0 Å². The van der Waals surface area contributed by atoms with Crippen LogP contribution in [0.3, 0.4) is 0 Å². The SMILES string of the molecule is CC(C)(COP(=O)(O)OP(=O)(O)OC[C@H]1O[C@@H](n2cnc3c(N)ncnc32)[C@H](O)[C@@H]1OP(=O)(O)O)[C@@H](O)C(=O)NCCC(=O)NCCSC(=O)Cc1ccc(O)c(O)c1.CC(C)(COP(=O)(O)OP(=O)(O)OC[C@H]1O[C@@H](n2cnc3c(N)ncnc32)[C@H](O)[C@@H]1OP(=O)(O)O)[C@@H](O)C(=O)NCCC(=O)NCCSC(=O)Cc1ccc(O)c(O)c1. The van der Waals surface area contributed by atoms with E-state index in [2.05, 4.69) is 68.8 Å². The molecule has 8 rings (SSSR count). The Bertz CT molecular complexity index is 4580. The lowest BCUT2D eigenvalue weighted by molar-refractivity contribution is -0.137. The maximum Gasteiger partial charge on any atom is 0.481 e. The number of phenolic OH excluding ortho intramolecular Hbond substituents is 4. The topological polar surface area (TPSA) is 808 Å². The third kappa shape index (κ3) is 29.5. The van der Waals surface area contributed by atoms with Crippen molar-refractivity contribution in [3.8, 4) is 23.0 Å². The smallest absolute Gasteiger partial charge is 0.481 e. The highest BCUT2D eigenvalue weighted by Crippen LogP contribution is 2.63. The van der Waals surface area contributed by atoms with E-state index in [0.29, 0.717) is 11.1 Å². The average molecular weight is 1840 g/mol. The summed E-state index contributed by atoms with van der Waals surface area (Å²) in [6, 6.07) is 7.98. The molecule has 60 heteroatoms. The van der Waals surface area contributed by atoms with Gasteiger partial charge in [0.2, 0.25) is 23.6 Å². The Labute approximate surface area is 673 Å². The number of carbonyl (C=O) groups is 6. The number of phosphoric ester groups is 6. The van der Waals surface area contributed by atoms with Gasteiger partial charge in [-0.15, -0.1) is 0 Å². The summed E-state index contributed by atoms with van der Waals surface area (Å²) in [5.74, 6) is -4.05. The summed E-state index contributed by atoms with van der Waals surface area (Å²) in [5, 5.41) is 89.9. The van der Waals surface area contributed by atoms with E-state index in [4.69, 9.17) is 39.0 Å². The van der Waals surface area contributed by atoms with Crippen LogP contribution in [0.15, 0.2) is 61.7 Å². The number of nitrogens with one attached hydrogen (secondary N) is 4. The van der Waals surface area contributed by atoms with E-state index in [1.807, 2.05) is 0 Å². The molecule has 2 saturated heterocycles. The van der Waals surface area contributed by atoms with Gasteiger partial charge in [-0.2, -0.15) is 8.62 Å². The van der Waals surface area contributed by atoms with E-state index in [9.17, 15) is 136 Å². The van der Waals surface area contributed by atoms with Crippen molar-refractivity contribution in [2.45, 2.75) is 115 Å². The van der Waals surface area contributed by atoms with E-state index in [1.165, 1.54) is 64.1 Å². The zero-order chi connectivity index (χ0) is 87.8. The minimum absolute atomic E-state index is 0.0195. The molecular formula is C58H84N14O38P6S2. The minimum atomic E-state index is -5.59. The van der Waals surface area contributed by atoms with Gasteiger partial charge < -0.3 is 122 Å². The lowest BCUT2D eigenvalue weighted by Gasteiger charge is -2.30. The molecule has 0 radical (unpaired) electrons. The lowest BCUT2D eigenvalue weighted by atomic mass is 9.87. The summed E-state index contributed by atoms with van der Waals surface area (Å²) in [4.78, 5) is 176. The Morgan fingerprint density at radius 3 is 1.19 bits per heavy atom. The molecule has 6 aromatic rings. The Kier molecular flexibility index (Phi) is 34.5. The number of rotatable bonds is 42. The second kappa shape index (κ2) is 41.6. The van der Waals surface area contributed by atoms with Crippen LogP contribution in [0.25, 0.3) is 22.3 Å². The van der Waals surface area contributed by atoms with Gasteiger partial charge >= 0.3 is 46.9 Å². The number of phosphoric acid groups is 6. The number of hydrogen-bond donors (Lipinski definition) is 22. The van der Waals surface area contributed by atoms with Crippen LogP contribution in [-0.2, 0) is 114 Å². The Morgan fingerprint density at radius 1 is 0.508 bits per heavy atom. The van der Waals surface area contributed by atoms with Crippen LogP contribution < -0.4 is 32.7 Å². The van der Waals surface area contributed by atoms with Crippen molar-refractivity contribution in [1.82, 2.24) is 60.3 Å². The first-order valence-corrected chi connectivity index (χ1v) is 44.9. The summed E-state index contributed by atoms with van der Waals surface area (Å²) in [7, 11) is -32.9. The van der Waals surface area contributed by atoms with Crippen LogP contribution in [0.5, 0.6) is 23.0 Å². The van der Waals surface area contributed by atoms with Gasteiger partial charge in [-0.25, -0.2) is 57.3 Å². The van der Waals surface area contributed by atoms with Crippen LogP contribution in [-0.4, -0.2) is 266 Å². The van der Waals surface area contributed by atoms with Gasteiger partial charge in [-0.05, 0) is 35.4 Å². The molecule has 0 spiro atoms. The highest BCUT2D eigenvalue weighted by Gasteiger charge is 2.53. The Hall–Kier alpha value is -7.24. The monoisotopic (exact) mass is 1830 g/mol. The fraction of sp³-hybridized carbons (Fsp3) is 0.517. The van der Waals surface area contributed by atoms with E-state index >= 15 is 0 Å². The second-order valence-corrected chi connectivity index (χ2v) is 37.4. The Balaban J connectivity index is 0.000000326. The molecule has 2 fully saturated rings. The molecule has 2 aromatic carbocycles. The molecule has 2 aliphatic rings. The highest BCUT2D eigenvalue weighted by atomic mass is 32.2. The van der Waals surface area contributed by atoms with Gasteiger partial charge in [0, 0.05) is 74.2 Å². The number of anilines is 2. The number of aliphatic hydroxyl groups is 4. The first-order valence-electron chi connectivity index (χ1n) is 33.9. The number of imidazole rings is 2. The number of nitrogens with two attached hydrogens (primary N) is 2. The molecule has 0 saturated carbocycles. The van der Waals surface area contributed by atoms with Gasteiger partial charge in [0.05, 0.1) is 39.1 Å². The number of carbonyl (C=O) groups excluding carboxylic acids is 6. The normalized spacial score (nSPS) is 21.1. The van der Waals surface area contributed by atoms with Crippen molar-refractivity contribution in [3.63, 3.8) is 0 Å². The number of nitrogens with zero attached hydrogens (tertiary/aromatic N) is 8. The Morgan fingerprint density at radius 2 is 0.856 bits per heavy atom. The molecule has 24 N–H and O–H groups in total. The van der Waals surface area contributed by atoms with Crippen LogP contribution in [0.4, 0.5) is 11.6 Å². The predicted molar refractivity (Wildman–Crippen MR) is 401 cm³/mol. The number of benzene rings is 2. The van der Waals surface area contributed by atoms with Crippen molar-refractivity contribution in [2.75, 3.05) is 75.6 Å². The first kappa shape index (κ1) is 97.9. The van der Waals surface area contributed by atoms with Gasteiger partial charge in [0.25, 0.3) is 0 Å². The number of nitrogen functional groups attached to an aromatic ring is 2. The number of fused-ring (bicyclic) bond motifs is 2. The molecule has 0 aliphatic carbocycles. The van der Waals surface area contributed by atoms with Crippen LogP contribution in [0.1, 0.15) is 64.1 Å². The van der Waals surface area contributed by atoms with Crippen molar-refractivity contribution in [2.24, 2.45) is 10.8 Å². The number of amides is 4. The number of hydrogen-bond acceptors (Lipinski definition) is 40. The summed E-state index contributed by atoms with van der Waals surface area (Å²) in [6.07, 6.45) is -14.2. The number of aromatic hydroxyl groups is 4. The van der Waals surface area contributed by atoms with Crippen LogP contribution >= 0.6 is 70.5 Å². The average Bonchev–Trinajstić information content (AvgIpc) is 1.62. The number of ether oxygens (including phenoxy) is 2. The van der Waals surface area contributed by atoms with E-state index in [-0.39, 0.29) is 131 Å². The summed E-state index contributed by atoms with van der Waals surface area (Å²) in [5.41, 5.74) is 9.39. The maximum absolute atomic E-state index is 12.7. The molecule has 14 atom stereocenters. The molecule has 6 heterocycles. The van der Waals surface area contributed by atoms with Crippen molar-refractivity contribution >= 4 is 138 Å². The number of thioether (sulfide) groups is 2. The van der Waals surface area contributed by atoms with Crippen molar-refractivity contribution in [3.05, 3.63) is 72.8 Å². The van der Waals surface area contributed by atoms with E-state index in [0.717, 1.165) is 58.0 Å². The summed E-state index contributed by atoms with van der Waals surface area (Å²) in [6.45, 7) is 0.515. The molecule has 656 valence electrons. The molecular weight excluding hydrogens is 1750 g/mol. The second-order valence-electron chi connectivity index (χ2n) is 26.6. The molecule has 0 bridgehead atoms. The number of phenols is 4. The zero-order valence-corrected chi connectivity index (χ0v) is 68.8. The number of aliphatic hydroxyl groups excluding tert-OH is 4. The van der Waals surface area contributed by atoms with Crippen LogP contribution in [0.2, 0.25) is 0 Å². The van der Waals surface area contributed by atoms with Crippen LogP contribution in [0, 0.1) is 10.8 Å². The summed E-state index contributed by atoms with van der Waals surface area (Å²) >= 11 is 1.86. The third-order valence-electron chi connectivity index (χ3n) is 16.3. The molecule has 2 aliphatic heterocycles. The highest BCUT2D eigenvalue weighted by molar-refractivity contribution is 8.13. The fourth-order valence-corrected chi connectivity index (χ4v) is 17.4. The molecule has 118 heavy (non-hydrogen) atoms. The van der Waals surface area contributed by atoms with Gasteiger partial charge in [0.15, 0.2) is 68.6 Å².